The molecule has 1 aliphatic rings. The molecule has 1 unspecified atom stereocenters. The van der Waals surface area contributed by atoms with E-state index in [0.29, 0.717) is 17.5 Å². The van der Waals surface area contributed by atoms with Crippen LogP contribution in [0.2, 0.25) is 0 Å². The van der Waals surface area contributed by atoms with E-state index >= 15 is 0 Å². The molecule has 1 aromatic carbocycles. The van der Waals surface area contributed by atoms with Crippen LogP contribution in [0.25, 0.3) is 0 Å². The normalized spacial score (nSPS) is 18.3. The lowest BCUT2D eigenvalue weighted by Gasteiger charge is -2.14. The van der Waals surface area contributed by atoms with Crippen molar-refractivity contribution in [3.05, 3.63) is 39.9 Å². The summed E-state index contributed by atoms with van der Waals surface area (Å²) in [5.74, 6) is 0. The Morgan fingerprint density at radius 1 is 1.44 bits per heavy atom. The molecule has 2 N–H and O–H groups in total. The Hall–Kier alpha value is -1.46. The SMILES string of the molecule is CC1(CNCC(O)c2ccc([N+](=O)[O-])cc2)CC1. The molecule has 1 saturated carbocycles. The van der Waals surface area contributed by atoms with Crippen LogP contribution in [0.4, 0.5) is 5.69 Å². The third-order valence-corrected chi connectivity index (χ3v) is 3.48. The van der Waals surface area contributed by atoms with Gasteiger partial charge in [-0.1, -0.05) is 6.92 Å². The molecule has 1 aliphatic carbocycles. The van der Waals surface area contributed by atoms with E-state index in [0.717, 1.165) is 6.54 Å². The Bertz CT molecular complexity index is 426. The Balaban J connectivity index is 1.84. The number of nitro benzene ring substituents is 1. The third-order valence-electron chi connectivity index (χ3n) is 3.48. The summed E-state index contributed by atoms with van der Waals surface area (Å²) < 4.78 is 0. The lowest BCUT2D eigenvalue weighted by molar-refractivity contribution is -0.384. The summed E-state index contributed by atoms with van der Waals surface area (Å²) in [6.45, 7) is 3.61. The highest BCUT2D eigenvalue weighted by Gasteiger charge is 2.36. The van der Waals surface area contributed by atoms with Crippen molar-refractivity contribution < 1.29 is 10.0 Å². The van der Waals surface area contributed by atoms with Crippen molar-refractivity contribution in [3.63, 3.8) is 0 Å². The van der Waals surface area contributed by atoms with E-state index in [1.165, 1.54) is 25.0 Å². The minimum atomic E-state index is -0.617. The van der Waals surface area contributed by atoms with E-state index in [1.807, 2.05) is 0 Å². The molecule has 5 heteroatoms. The number of nitro groups is 1. The first-order valence-electron chi connectivity index (χ1n) is 6.13. The summed E-state index contributed by atoms with van der Waals surface area (Å²) in [7, 11) is 0. The van der Waals surface area contributed by atoms with Gasteiger partial charge in [0.25, 0.3) is 5.69 Å². The van der Waals surface area contributed by atoms with E-state index in [4.69, 9.17) is 0 Å². The number of aliphatic hydroxyl groups excluding tert-OH is 1. The van der Waals surface area contributed by atoms with Crippen molar-refractivity contribution in [2.24, 2.45) is 5.41 Å². The monoisotopic (exact) mass is 250 g/mol. The molecule has 98 valence electrons. The molecule has 0 heterocycles. The molecule has 0 aromatic heterocycles. The molecule has 0 saturated heterocycles. The summed E-state index contributed by atoms with van der Waals surface area (Å²) in [6.07, 6.45) is 1.87. The fourth-order valence-electron chi connectivity index (χ4n) is 1.84. The van der Waals surface area contributed by atoms with Gasteiger partial charge in [0.1, 0.15) is 0 Å². The number of hydrogen-bond donors (Lipinski definition) is 2. The van der Waals surface area contributed by atoms with Gasteiger partial charge in [0.2, 0.25) is 0 Å². The predicted octanol–water partition coefficient (Wildman–Crippen LogP) is 2.02. The largest absolute Gasteiger partial charge is 0.387 e. The van der Waals surface area contributed by atoms with Gasteiger partial charge in [0.05, 0.1) is 11.0 Å². The molecule has 1 atom stereocenters. The molecule has 1 aromatic rings. The van der Waals surface area contributed by atoms with Gasteiger partial charge in [-0.05, 0) is 36.0 Å². The van der Waals surface area contributed by atoms with Crippen molar-refractivity contribution in [3.8, 4) is 0 Å². The Morgan fingerprint density at radius 3 is 2.56 bits per heavy atom. The topological polar surface area (TPSA) is 75.4 Å². The van der Waals surface area contributed by atoms with Gasteiger partial charge in [-0.15, -0.1) is 0 Å². The molecule has 18 heavy (non-hydrogen) atoms. The second kappa shape index (κ2) is 5.04. The van der Waals surface area contributed by atoms with Gasteiger partial charge >= 0.3 is 0 Å². The minimum Gasteiger partial charge on any atom is -0.387 e. The summed E-state index contributed by atoms with van der Waals surface area (Å²) in [5, 5.41) is 23.7. The quantitative estimate of drug-likeness (QED) is 0.598. The number of hydrogen-bond acceptors (Lipinski definition) is 4. The summed E-state index contributed by atoms with van der Waals surface area (Å²) in [6, 6.07) is 6.04. The van der Waals surface area contributed by atoms with Crippen molar-refractivity contribution in [2.75, 3.05) is 13.1 Å². The van der Waals surface area contributed by atoms with Crippen molar-refractivity contribution in [1.29, 1.82) is 0 Å². The van der Waals surface area contributed by atoms with Crippen LogP contribution in [-0.4, -0.2) is 23.1 Å². The lowest BCUT2D eigenvalue weighted by atomic mass is 10.1. The van der Waals surface area contributed by atoms with Gasteiger partial charge in [0.15, 0.2) is 0 Å². The van der Waals surface area contributed by atoms with Crippen LogP contribution in [0.5, 0.6) is 0 Å². The van der Waals surface area contributed by atoms with Gasteiger partial charge in [-0.3, -0.25) is 10.1 Å². The van der Waals surface area contributed by atoms with E-state index in [9.17, 15) is 15.2 Å². The summed E-state index contributed by atoms with van der Waals surface area (Å²) >= 11 is 0. The van der Waals surface area contributed by atoms with Gasteiger partial charge in [0, 0.05) is 25.2 Å². The number of non-ortho nitro benzene ring substituents is 1. The van der Waals surface area contributed by atoms with Crippen LogP contribution in [-0.2, 0) is 0 Å². The maximum absolute atomic E-state index is 10.5. The zero-order valence-corrected chi connectivity index (χ0v) is 10.4. The number of nitrogens with one attached hydrogen (secondary N) is 1. The zero-order chi connectivity index (χ0) is 13.2. The van der Waals surface area contributed by atoms with Gasteiger partial charge < -0.3 is 10.4 Å². The summed E-state index contributed by atoms with van der Waals surface area (Å²) in [5.41, 5.74) is 1.16. The van der Waals surface area contributed by atoms with Crippen LogP contribution in [0.1, 0.15) is 31.4 Å². The van der Waals surface area contributed by atoms with Crippen molar-refractivity contribution >= 4 is 5.69 Å². The maximum atomic E-state index is 10.5. The second-order valence-electron chi connectivity index (χ2n) is 5.31. The van der Waals surface area contributed by atoms with Crippen molar-refractivity contribution in [2.45, 2.75) is 25.9 Å². The molecule has 5 nitrogen and oxygen atoms in total. The molecule has 0 radical (unpaired) electrons. The molecule has 2 rings (SSSR count). The number of rotatable bonds is 6. The minimum absolute atomic E-state index is 0.0457. The molecule has 0 bridgehead atoms. The van der Waals surface area contributed by atoms with E-state index in [-0.39, 0.29) is 5.69 Å². The molecule has 1 fully saturated rings. The smallest absolute Gasteiger partial charge is 0.269 e. The van der Waals surface area contributed by atoms with Crippen LogP contribution in [0.15, 0.2) is 24.3 Å². The first-order valence-corrected chi connectivity index (χ1v) is 6.13. The average Bonchev–Trinajstić information content (AvgIpc) is 3.07. The first kappa shape index (κ1) is 13.0. The maximum Gasteiger partial charge on any atom is 0.269 e. The van der Waals surface area contributed by atoms with Crippen molar-refractivity contribution in [1.82, 2.24) is 5.32 Å². The highest BCUT2D eigenvalue weighted by atomic mass is 16.6. The van der Waals surface area contributed by atoms with Crippen LogP contribution < -0.4 is 5.32 Å². The van der Waals surface area contributed by atoms with Gasteiger partial charge in [-0.25, -0.2) is 0 Å². The number of benzene rings is 1. The summed E-state index contributed by atoms with van der Waals surface area (Å²) in [4.78, 5) is 10.1. The molecule has 0 spiro atoms. The molecular formula is C13H18N2O3. The fraction of sp³-hybridized carbons (Fsp3) is 0.538. The molecule has 0 amide bonds. The highest BCUT2D eigenvalue weighted by molar-refractivity contribution is 5.33. The van der Waals surface area contributed by atoms with E-state index < -0.39 is 11.0 Å². The van der Waals surface area contributed by atoms with Gasteiger partial charge in [-0.2, -0.15) is 0 Å². The third kappa shape index (κ3) is 3.27. The standard InChI is InChI=1S/C13H18N2O3/c1-13(6-7-13)9-14-8-12(16)10-2-4-11(5-3-10)15(17)18/h2-5,12,14,16H,6-9H2,1H3. The van der Waals surface area contributed by atoms with Crippen LogP contribution in [0.3, 0.4) is 0 Å². The van der Waals surface area contributed by atoms with E-state index in [1.54, 1.807) is 12.1 Å². The fourth-order valence-corrected chi connectivity index (χ4v) is 1.84. The highest BCUT2D eigenvalue weighted by Crippen LogP contribution is 2.44. The van der Waals surface area contributed by atoms with E-state index in [2.05, 4.69) is 12.2 Å². The number of aliphatic hydroxyl groups is 1. The molecular weight excluding hydrogens is 232 g/mol. The van der Waals surface area contributed by atoms with Crippen LogP contribution >= 0.6 is 0 Å². The predicted molar refractivity (Wildman–Crippen MR) is 68.3 cm³/mol. The number of nitrogens with zero attached hydrogens (tertiary/aromatic N) is 1. The zero-order valence-electron chi connectivity index (χ0n) is 10.4. The average molecular weight is 250 g/mol. The van der Waals surface area contributed by atoms with Crippen LogP contribution in [0, 0.1) is 15.5 Å². The lowest BCUT2D eigenvalue weighted by Crippen LogP contribution is -2.27. The Kier molecular flexibility index (Phi) is 3.63. The second-order valence-corrected chi connectivity index (χ2v) is 5.31. The Labute approximate surface area is 106 Å². The molecule has 0 aliphatic heterocycles. The Morgan fingerprint density at radius 2 is 2.06 bits per heavy atom. The first-order chi connectivity index (χ1) is 8.50.